The first kappa shape index (κ1) is 15.2. The van der Waals surface area contributed by atoms with Gasteiger partial charge in [0.25, 0.3) is 5.91 Å². The summed E-state index contributed by atoms with van der Waals surface area (Å²) in [5.41, 5.74) is 1.91. The highest BCUT2D eigenvalue weighted by Gasteiger charge is 2.14. The third kappa shape index (κ3) is 3.06. The molecule has 0 saturated carbocycles. The lowest BCUT2D eigenvalue weighted by molar-refractivity contribution is 0.0999. The van der Waals surface area contributed by atoms with Crippen molar-refractivity contribution in [2.24, 2.45) is 0 Å². The minimum absolute atomic E-state index is 0.234. The Hall–Kier alpha value is -2.75. The van der Waals surface area contributed by atoms with E-state index in [2.05, 4.69) is 24.1 Å². The van der Waals surface area contributed by atoms with Gasteiger partial charge in [-0.1, -0.05) is 24.3 Å². The Morgan fingerprint density at radius 1 is 1.04 bits per heavy atom. The largest absolute Gasteiger partial charge is 0.458 e. The van der Waals surface area contributed by atoms with Crippen LogP contribution in [-0.2, 0) is 0 Å². The molecule has 0 aliphatic rings. The van der Waals surface area contributed by atoms with E-state index in [-0.39, 0.29) is 5.91 Å². The number of nitrogens with zero attached hydrogens (tertiary/aromatic N) is 1. The van der Waals surface area contributed by atoms with Gasteiger partial charge in [0.15, 0.2) is 5.76 Å². The van der Waals surface area contributed by atoms with Crippen LogP contribution in [0.15, 0.2) is 59.2 Å². The monoisotopic (exact) mass is 308 g/mol. The number of carbonyl (C=O) groups excluding carboxylic acids is 1. The van der Waals surface area contributed by atoms with Crippen LogP contribution in [0.2, 0.25) is 0 Å². The van der Waals surface area contributed by atoms with Crippen LogP contribution in [-0.4, -0.2) is 19.0 Å². The molecule has 0 aliphatic heterocycles. The summed E-state index contributed by atoms with van der Waals surface area (Å²) in [6, 6.07) is 15.5. The smallest absolute Gasteiger partial charge is 0.292 e. The molecule has 1 amide bonds. The van der Waals surface area contributed by atoms with E-state index in [4.69, 9.17) is 4.42 Å². The summed E-state index contributed by atoms with van der Waals surface area (Å²) in [4.78, 5) is 14.7. The lowest BCUT2D eigenvalue weighted by atomic mass is 10.2. The normalized spacial score (nSPS) is 10.7. The molecule has 2 aromatic carbocycles. The van der Waals surface area contributed by atoms with Gasteiger partial charge in [0.2, 0.25) is 0 Å². The van der Waals surface area contributed by atoms with Crippen molar-refractivity contribution in [2.45, 2.75) is 13.8 Å². The van der Waals surface area contributed by atoms with Gasteiger partial charge in [0.05, 0.1) is 6.26 Å². The molecule has 23 heavy (non-hydrogen) atoms. The summed E-state index contributed by atoms with van der Waals surface area (Å²) >= 11 is 0. The molecule has 4 nitrogen and oxygen atoms in total. The third-order valence-electron chi connectivity index (χ3n) is 3.97. The fourth-order valence-corrected chi connectivity index (χ4v) is 2.70. The Balaban J connectivity index is 1.78. The molecule has 3 aromatic rings. The molecular weight excluding hydrogens is 288 g/mol. The molecule has 0 aliphatic carbocycles. The van der Waals surface area contributed by atoms with Crippen molar-refractivity contribution in [3.05, 3.63) is 60.6 Å². The number of amides is 1. The lowest BCUT2D eigenvalue weighted by Gasteiger charge is -2.21. The zero-order chi connectivity index (χ0) is 16.2. The van der Waals surface area contributed by atoms with E-state index in [9.17, 15) is 4.79 Å². The standard InChI is InChI=1S/C19H20N2O2/c1-3-21(4-2)16-11-9-15(10-12-16)20-19(22)18-17-8-6-5-7-14(17)13-23-18/h5-13H,3-4H2,1-2H3,(H,20,22). The van der Waals surface area contributed by atoms with Crippen LogP contribution in [0.3, 0.4) is 0 Å². The number of nitrogens with one attached hydrogen (secondary N) is 1. The van der Waals surface area contributed by atoms with Crippen LogP contribution in [0.1, 0.15) is 24.4 Å². The van der Waals surface area contributed by atoms with Gasteiger partial charge in [-0.3, -0.25) is 4.79 Å². The highest BCUT2D eigenvalue weighted by atomic mass is 16.3. The molecule has 0 saturated heterocycles. The van der Waals surface area contributed by atoms with Gasteiger partial charge in [0.1, 0.15) is 0 Å². The second-order valence-electron chi connectivity index (χ2n) is 5.33. The second kappa shape index (κ2) is 6.57. The van der Waals surface area contributed by atoms with Gasteiger partial charge >= 0.3 is 0 Å². The Morgan fingerprint density at radius 3 is 2.43 bits per heavy atom. The average molecular weight is 308 g/mol. The number of carbonyl (C=O) groups is 1. The van der Waals surface area contributed by atoms with Crippen LogP contribution < -0.4 is 10.2 Å². The molecular formula is C19H20N2O2. The molecule has 0 spiro atoms. The Labute approximate surface area is 135 Å². The zero-order valence-electron chi connectivity index (χ0n) is 13.4. The second-order valence-corrected chi connectivity index (χ2v) is 5.33. The number of furan rings is 1. The predicted octanol–water partition coefficient (Wildman–Crippen LogP) is 4.53. The summed E-state index contributed by atoms with van der Waals surface area (Å²) in [7, 11) is 0. The molecule has 0 unspecified atom stereocenters. The fraction of sp³-hybridized carbons (Fsp3) is 0.211. The topological polar surface area (TPSA) is 45.5 Å². The average Bonchev–Trinajstić information content (AvgIpc) is 3.01. The van der Waals surface area contributed by atoms with Gasteiger partial charge in [-0.25, -0.2) is 0 Å². The van der Waals surface area contributed by atoms with E-state index in [1.54, 1.807) is 6.26 Å². The molecule has 0 atom stereocenters. The highest BCUT2D eigenvalue weighted by Crippen LogP contribution is 2.23. The minimum Gasteiger partial charge on any atom is -0.458 e. The first-order chi connectivity index (χ1) is 11.2. The molecule has 3 rings (SSSR count). The molecule has 1 N–H and O–H groups in total. The van der Waals surface area contributed by atoms with E-state index >= 15 is 0 Å². The SMILES string of the molecule is CCN(CC)c1ccc(NC(=O)c2occ3ccccc23)cc1. The van der Waals surface area contributed by atoms with Crippen molar-refractivity contribution in [3.8, 4) is 0 Å². The van der Waals surface area contributed by atoms with Crippen LogP contribution in [0.25, 0.3) is 10.8 Å². The first-order valence-electron chi connectivity index (χ1n) is 7.85. The predicted molar refractivity (Wildman–Crippen MR) is 94.2 cm³/mol. The van der Waals surface area contributed by atoms with Crippen molar-refractivity contribution in [3.63, 3.8) is 0 Å². The Bertz CT molecular complexity index is 802. The Morgan fingerprint density at radius 2 is 1.74 bits per heavy atom. The van der Waals surface area contributed by atoms with Crippen LogP contribution in [0.5, 0.6) is 0 Å². The number of rotatable bonds is 5. The maximum atomic E-state index is 12.4. The molecule has 1 heterocycles. The number of fused-ring (bicyclic) bond motifs is 1. The van der Waals surface area contributed by atoms with E-state index in [0.717, 1.165) is 35.2 Å². The van der Waals surface area contributed by atoms with E-state index in [1.807, 2.05) is 48.5 Å². The third-order valence-corrected chi connectivity index (χ3v) is 3.97. The summed E-state index contributed by atoms with van der Waals surface area (Å²) in [5, 5.41) is 4.64. The van der Waals surface area contributed by atoms with Crippen molar-refractivity contribution < 1.29 is 9.21 Å². The molecule has 1 aromatic heterocycles. The number of hydrogen-bond acceptors (Lipinski definition) is 3. The number of benzene rings is 2. The molecule has 0 fully saturated rings. The quantitative estimate of drug-likeness (QED) is 0.753. The van der Waals surface area contributed by atoms with Gasteiger partial charge < -0.3 is 14.6 Å². The van der Waals surface area contributed by atoms with E-state index < -0.39 is 0 Å². The van der Waals surface area contributed by atoms with Gasteiger partial charge in [-0.2, -0.15) is 0 Å². The van der Waals surface area contributed by atoms with Gasteiger partial charge in [-0.05, 0) is 38.1 Å². The first-order valence-corrected chi connectivity index (χ1v) is 7.85. The van der Waals surface area contributed by atoms with Crippen LogP contribution in [0.4, 0.5) is 11.4 Å². The summed E-state index contributed by atoms with van der Waals surface area (Å²) in [5.74, 6) is 0.107. The lowest BCUT2D eigenvalue weighted by Crippen LogP contribution is -2.21. The summed E-state index contributed by atoms with van der Waals surface area (Å²) in [6.07, 6.45) is 1.60. The molecule has 0 bridgehead atoms. The van der Waals surface area contributed by atoms with Crippen LogP contribution in [0, 0.1) is 0 Å². The molecule has 4 heteroatoms. The summed E-state index contributed by atoms with van der Waals surface area (Å²) in [6.45, 7) is 6.17. The van der Waals surface area contributed by atoms with Crippen molar-refractivity contribution in [1.82, 2.24) is 0 Å². The Kier molecular flexibility index (Phi) is 4.33. The van der Waals surface area contributed by atoms with Crippen molar-refractivity contribution in [1.29, 1.82) is 0 Å². The molecule has 118 valence electrons. The molecule has 0 radical (unpaired) electrons. The minimum atomic E-state index is -0.234. The maximum Gasteiger partial charge on any atom is 0.292 e. The number of hydrogen-bond donors (Lipinski definition) is 1. The van der Waals surface area contributed by atoms with Gasteiger partial charge in [-0.15, -0.1) is 0 Å². The summed E-state index contributed by atoms with van der Waals surface area (Å²) < 4.78 is 5.43. The van der Waals surface area contributed by atoms with Crippen molar-refractivity contribution in [2.75, 3.05) is 23.3 Å². The zero-order valence-corrected chi connectivity index (χ0v) is 13.4. The van der Waals surface area contributed by atoms with E-state index in [0.29, 0.717) is 5.76 Å². The number of anilines is 2. The fourth-order valence-electron chi connectivity index (χ4n) is 2.70. The van der Waals surface area contributed by atoms with E-state index in [1.165, 1.54) is 0 Å². The maximum absolute atomic E-state index is 12.4. The highest BCUT2D eigenvalue weighted by molar-refractivity contribution is 6.11. The van der Waals surface area contributed by atoms with Gasteiger partial charge in [0, 0.05) is 35.2 Å². The van der Waals surface area contributed by atoms with Crippen molar-refractivity contribution >= 4 is 28.1 Å². The van der Waals surface area contributed by atoms with Crippen LogP contribution >= 0.6 is 0 Å².